The predicted molar refractivity (Wildman–Crippen MR) is 59.4 cm³/mol. The highest BCUT2D eigenvalue weighted by atomic mass is 16.3. The van der Waals surface area contributed by atoms with Crippen LogP contribution in [0, 0.1) is 5.92 Å². The summed E-state index contributed by atoms with van der Waals surface area (Å²) in [6.45, 7) is 2.38. The topological polar surface area (TPSA) is 59.4 Å². The summed E-state index contributed by atoms with van der Waals surface area (Å²) in [7, 11) is 0. The molecule has 3 heteroatoms. The molecule has 3 nitrogen and oxygen atoms in total. The summed E-state index contributed by atoms with van der Waals surface area (Å²) >= 11 is 0. The molecule has 80 valence electrons. The van der Waals surface area contributed by atoms with Gasteiger partial charge in [-0.15, -0.1) is 0 Å². The first kappa shape index (κ1) is 10.2. The Morgan fingerprint density at radius 2 is 2.13 bits per heavy atom. The molecular formula is C12H15NO2. The van der Waals surface area contributed by atoms with E-state index in [0.29, 0.717) is 6.54 Å². The maximum absolute atomic E-state index is 10.0. The van der Waals surface area contributed by atoms with E-state index in [0.717, 1.165) is 16.5 Å². The Morgan fingerprint density at radius 1 is 1.40 bits per heavy atom. The van der Waals surface area contributed by atoms with E-state index in [1.54, 1.807) is 6.26 Å². The molecule has 0 amide bonds. The standard InChI is InChI=1S/C12H15NO2/c1-8(6-13)12(14)10-7-15-11-5-3-2-4-9(10)11/h2-5,7-8,12,14H,6,13H2,1H3. The van der Waals surface area contributed by atoms with E-state index < -0.39 is 6.10 Å². The first-order valence-electron chi connectivity index (χ1n) is 5.08. The minimum atomic E-state index is -0.557. The number of aliphatic hydroxyl groups excluding tert-OH is 1. The highest BCUT2D eigenvalue weighted by molar-refractivity contribution is 5.81. The van der Waals surface area contributed by atoms with Gasteiger partial charge < -0.3 is 15.3 Å². The van der Waals surface area contributed by atoms with Crippen molar-refractivity contribution >= 4 is 11.0 Å². The van der Waals surface area contributed by atoms with Crippen LogP contribution < -0.4 is 5.73 Å². The molecule has 2 unspecified atom stereocenters. The number of hydrogen-bond acceptors (Lipinski definition) is 3. The van der Waals surface area contributed by atoms with Crippen molar-refractivity contribution in [3.8, 4) is 0 Å². The highest BCUT2D eigenvalue weighted by Gasteiger charge is 2.19. The van der Waals surface area contributed by atoms with Crippen molar-refractivity contribution in [2.24, 2.45) is 11.7 Å². The normalized spacial score (nSPS) is 15.4. The zero-order valence-electron chi connectivity index (χ0n) is 8.68. The fraction of sp³-hybridized carbons (Fsp3) is 0.333. The lowest BCUT2D eigenvalue weighted by atomic mass is 9.97. The Balaban J connectivity index is 2.43. The van der Waals surface area contributed by atoms with Gasteiger partial charge in [-0.2, -0.15) is 0 Å². The molecule has 2 atom stereocenters. The molecule has 2 rings (SSSR count). The van der Waals surface area contributed by atoms with Crippen LogP contribution in [-0.4, -0.2) is 11.7 Å². The van der Waals surface area contributed by atoms with Crippen molar-refractivity contribution in [3.05, 3.63) is 36.1 Å². The van der Waals surface area contributed by atoms with E-state index in [1.807, 2.05) is 31.2 Å². The number of fused-ring (bicyclic) bond motifs is 1. The van der Waals surface area contributed by atoms with E-state index in [1.165, 1.54) is 0 Å². The monoisotopic (exact) mass is 205 g/mol. The van der Waals surface area contributed by atoms with Gasteiger partial charge in [-0.3, -0.25) is 0 Å². The van der Waals surface area contributed by atoms with Crippen LogP contribution in [0.1, 0.15) is 18.6 Å². The molecule has 0 aliphatic rings. The van der Waals surface area contributed by atoms with E-state index in [-0.39, 0.29) is 5.92 Å². The van der Waals surface area contributed by atoms with Gasteiger partial charge in [0, 0.05) is 10.9 Å². The third-order valence-electron chi connectivity index (χ3n) is 2.74. The number of rotatable bonds is 3. The van der Waals surface area contributed by atoms with E-state index >= 15 is 0 Å². The van der Waals surface area contributed by atoms with Gasteiger partial charge in [0.15, 0.2) is 0 Å². The summed E-state index contributed by atoms with van der Waals surface area (Å²) < 4.78 is 5.36. The lowest BCUT2D eigenvalue weighted by molar-refractivity contribution is 0.122. The Hall–Kier alpha value is -1.32. The van der Waals surface area contributed by atoms with E-state index in [4.69, 9.17) is 10.2 Å². The quantitative estimate of drug-likeness (QED) is 0.806. The summed E-state index contributed by atoms with van der Waals surface area (Å²) in [4.78, 5) is 0. The first-order valence-corrected chi connectivity index (χ1v) is 5.08. The number of nitrogens with two attached hydrogens (primary N) is 1. The largest absolute Gasteiger partial charge is 0.464 e. The third kappa shape index (κ3) is 1.76. The smallest absolute Gasteiger partial charge is 0.134 e. The molecular weight excluding hydrogens is 190 g/mol. The molecule has 15 heavy (non-hydrogen) atoms. The highest BCUT2D eigenvalue weighted by Crippen LogP contribution is 2.29. The minimum Gasteiger partial charge on any atom is -0.464 e. The lowest BCUT2D eigenvalue weighted by Gasteiger charge is -2.15. The zero-order valence-corrected chi connectivity index (χ0v) is 8.68. The van der Waals surface area contributed by atoms with Gasteiger partial charge in [0.1, 0.15) is 5.58 Å². The average Bonchev–Trinajstić information content (AvgIpc) is 2.70. The van der Waals surface area contributed by atoms with Crippen LogP contribution in [0.2, 0.25) is 0 Å². The first-order chi connectivity index (χ1) is 7.24. The second-order valence-electron chi connectivity index (χ2n) is 3.85. The average molecular weight is 205 g/mol. The number of aliphatic hydroxyl groups is 1. The predicted octanol–water partition coefficient (Wildman–Crippen LogP) is 2.06. The van der Waals surface area contributed by atoms with Gasteiger partial charge >= 0.3 is 0 Å². The lowest BCUT2D eigenvalue weighted by Crippen LogP contribution is -2.18. The van der Waals surface area contributed by atoms with Gasteiger partial charge in [0.2, 0.25) is 0 Å². The molecule has 0 spiro atoms. The van der Waals surface area contributed by atoms with Gasteiger partial charge in [-0.25, -0.2) is 0 Å². The third-order valence-corrected chi connectivity index (χ3v) is 2.74. The Labute approximate surface area is 88.5 Å². The minimum absolute atomic E-state index is 0.0333. The van der Waals surface area contributed by atoms with Crippen molar-refractivity contribution in [1.29, 1.82) is 0 Å². The molecule has 1 heterocycles. The second-order valence-corrected chi connectivity index (χ2v) is 3.85. The second kappa shape index (κ2) is 4.04. The summed E-state index contributed by atoms with van der Waals surface area (Å²) in [6, 6.07) is 7.68. The van der Waals surface area contributed by atoms with Crippen LogP contribution >= 0.6 is 0 Å². The molecule has 2 aromatic rings. The van der Waals surface area contributed by atoms with Crippen LogP contribution in [0.15, 0.2) is 34.9 Å². The van der Waals surface area contributed by atoms with Crippen molar-refractivity contribution in [2.75, 3.05) is 6.54 Å². The summed E-state index contributed by atoms with van der Waals surface area (Å²) in [5.74, 6) is 0.0333. The summed E-state index contributed by atoms with van der Waals surface area (Å²) in [5, 5.41) is 11.0. The molecule has 1 aromatic carbocycles. The molecule has 0 saturated carbocycles. The van der Waals surface area contributed by atoms with Crippen molar-refractivity contribution in [2.45, 2.75) is 13.0 Å². The Kier molecular flexibility index (Phi) is 2.75. The molecule has 0 fully saturated rings. The number of para-hydroxylation sites is 1. The summed E-state index contributed by atoms with van der Waals surface area (Å²) in [6.07, 6.45) is 1.06. The van der Waals surface area contributed by atoms with Gasteiger partial charge in [0.25, 0.3) is 0 Å². The molecule has 1 aromatic heterocycles. The van der Waals surface area contributed by atoms with Crippen LogP contribution in [0.3, 0.4) is 0 Å². The fourth-order valence-electron chi connectivity index (χ4n) is 1.66. The van der Waals surface area contributed by atoms with Crippen LogP contribution in [-0.2, 0) is 0 Å². The zero-order chi connectivity index (χ0) is 10.8. The SMILES string of the molecule is CC(CN)C(O)c1coc2ccccc12. The number of hydrogen-bond donors (Lipinski definition) is 2. The van der Waals surface area contributed by atoms with E-state index in [2.05, 4.69) is 0 Å². The molecule has 0 aliphatic heterocycles. The fourth-order valence-corrected chi connectivity index (χ4v) is 1.66. The number of benzene rings is 1. The van der Waals surface area contributed by atoms with Crippen molar-refractivity contribution in [3.63, 3.8) is 0 Å². The van der Waals surface area contributed by atoms with Crippen LogP contribution in [0.4, 0.5) is 0 Å². The molecule has 0 saturated heterocycles. The van der Waals surface area contributed by atoms with Crippen LogP contribution in [0.25, 0.3) is 11.0 Å². The summed E-state index contributed by atoms with van der Waals surface area (Å²) in [5.41, 5.74) is 7.16. The van der Waals surface area contributed by atoms with Crippen molar-refractivity contribution in [1.82, 2.24) is 0 Å². The Morgan fingerprint density at radius 3 is 2.87 bits per heavy atom. The maximum atomic E-state index is 10.0. The molecule has 0 bridgehead atoms. The van der Waals surface area contributed by atoms with E-state index in [9.17, 15) is 5.11 Å². The van der Waals surface area contributed by atoms with Gasteiger partial charge in [0.05, 0.1) is 12.4 Å². The maximum Gasteiger partial charge on any atom is 0.134 e. The Bertz CT molecular complexity index is 450. The molecule has 0 aliphatic carbocycles. The molecule has 0 radical (unpaired) electrons. The van der Waals surface area contributed by atoms with Crippen molar-refractivity contribution < 1.29 is 9.52 Å². The van der Waals surface area contributed by atoms with Gasteiger partial charge in [-0.1, -0.05) is 25.1 Å². The van der Waals surface area contributed by atoms with Gasteiger partial charge in [-0.05, 0) is 18.5 Å². The number of furan rings is 1. The van der Waals surface area contributed by atoms with Crippen LogP contribution in [0.5, 0.6) is 0 Å². The molecule has 3 N–H and O–H groups in total.